The van der Waals surface area contributed by atoms with E-state index in [0.29, 0.717) is 6.04 Å². The molecule has 4 nitrogen and oxygen atoms in total. The lowest BCUT2D eigenvalue weighted by molar-refractivity contribution is 0.188. The summed E-state index contributed by atoms with van der Waals surface area (Å²) in [7, 11) is -3.14. The van der Waals surface area contributed by atoms with Crippen molar-refractivity contribution in [2.45, 2.75) is 77.3 Å². The van der Waals surface area contributed by atoms with Crippen molar-refractivity contribution in [2.24, 2.45) is 5.41 Å². The van der Waals surface area contributed by atoms with E-state index >= 15 is 0 Å². The predicted molar refractivity (Wildman–Crippen MR) is 83.2 cm³/mol. The Bertz CT molecular complexity index is 400. The minimum absolute atomic E-state index is 0.0917. The largest absolute Gasteiger partial charge is 0.314 e. The Hall–Kier alpha value is -0.130. The van der Waals surface area contributed by atoms with Crippen molar-refractivity contribution in [3.8, 4) is 0 Å². The highest BCUT2D eigenvalue weighted by atomic mass is 32.2. The summed E-state index contributed by atoms with van der Waals surface area (Å²) in [6.45, 7) is 5.40. The topological polar surface area (TPSA) is 58.2 Å². The van der Waals surface area contributed by atoms with Crippen LogP contribution in [0.25, 0.3) is 0 Å². The van der Waals surface area contributed by atoms with E-state index in [0.717, 1.165) is 38.6 Å². The normalized spacial score (nSPS) is 31.1. The summed E-state index contributed by atoms with van der Waals surface area (Å²) in [6, 6.07) is 0.500. The monoisotopic (exact) mass is 302 g/mol. The minimum atomic E-state index is -3.14. The Morgan fingerprint density at radius 2 is 1.90 bits per heavy atom. The average molecular weight is 302 g/mol. The van der Waals surface area contributed by atoms with Crippen LogP contribution in [0.3, 0.4) is 0 Å². The molecule has 1 aliphatic carbocycles. The van der Waals surface area contributed by atoms with Gasteiger partial charge in [0, 0.05) is 12.1 Å². The van der Waals surface area contributed by atoms with E-state index in [9.17, 15) is 8.42 Å². The molecule has 0 aromatic heterocycles. The van der Waals surface area contributed by atoms with E-state index in [1.54, 1.807) is 0 Å². The zero-order chi connectivity index (χ0) is 14.6. The summed E-state index contributed by atoms with van der Waals surface area (Å²) in [5.74, 6) is 0.261. The first-order chi connectivity index (χ1) is 9.39. The maximum atomic E-state index is 12.3. The molecular formula is C15H30N2O2S. The number of nitrogens with one attached hydrogen (secondary N) is 2. The summed E-state index contributed by atoms with van der Waals surface area (Å²) < 4.78 is 27.6. The van der Waals surface area contributed by atoms with Gasteiger partial charge in [0.1, 0.15) is 0 Å². The number of piperidine rings is 1. The highest BCUT2D eigenvalue weighted by Crippen LogP contribution is 2.35. The van der Waals surface area contributed by atoms with E-state index in [1.165, 1.54) is 19.3 Å². The van der Waals surface area contributed by atoms with Gasteiger partial charge in [-0.1, -0.05) is 33.1 Å². The quantitative estimate of drug-likeness (QED) is 0.820. The molecule has 0 spiro atoms. The highest BCUT2D eigenvalue weighted by Gasteiger charge is 2.34. The van der Waals surface area contributed by atoms with Gasteiger partial charge in [0.25, 0.3) is 0 Å². The van der Waals surface area contributed by atoms with Crippen molar-refractivity contribution in [3.63, 3.8) is 0 Å². The van der Waals surface area contributed by atoms with E-state index in [4.69, 9.17) is 0 Å². The Morgan fingerprint density at radius 3 is 2.55 bits per heavy atom. The van der Waals surface area contributed by atoms with Crippen molar-refractivity contribution >= 4 is 10.0 Å². The third kappa shape index (κ3) is 4.71. The van der Waals surface area contributed by atoms with Crippen molar-refractivity contribution < 1.29 is 8.42 Å². The van der Waals surface area contributed by atoms with Crippen molar-refractivity contribution in [1.82, 2.24) is 10.0 Å². The van der Waals surface area contributed by atoms with Gasteiger partial charge < -0.3 is 5.32 Å². The van der Waals surface area contributed by atoms with Crippen LogP contribution in [0.5, 0.6) is 0 Å². The van der Waals surface area contributed by atoms with Gasteiger partial charge in [-0.15, -0.1) is 0 Å². The smallest absolute Gasteiger partial charge is 0.211 e. The van der Waals surface area contributed by atoms with Gasteiger partial charge in [0.05, 0.1) is 5.75 Å². The van der Waals surface area contributed by atoms with Gasteiger partial charge in [0.15, 0.2) is 0 Å². The Kier molecular flexibility index (Phi) is 5.49. The van der Waals surface area contributed by atoms with Crippen LogP contribution in [-0.2, 0) is 10.0 Å². The molecule has 5 heteroatoms. The average Bonchev–Trinajstić information content (AvgIpc) is 2.40. The van der Waals surface area contributed by atoms with Gasteiger partial charge in [-0.05, 0) is 44.1 Å². The molecule has 0 amide bonds. The summed E-state index contributed by atoms with van der Waals surface area (Å²) in [6.07, 6.45) is 8.75. The minimum Gasteiger partial charge on any atom is -0.314 e. The third-order valence-corrected chi connectivity index (χ3v) is 6.39. The summed E-state index contributed by atoms with van der Waals surface area (Å²) in [5, 5.41) is 3.42. The molecule has 0 radical (unpaired) electrons. The second-order valence-electron chi connectivity index (χ2n) is 7.16. The standard InChI is InChI=1S/C15H30N2O2S/c1-15(2)10-5-3-8-14(15)17-20(18,19)12-9-13-7-4-6-11-16-13/h13-14,16-17H,3-12H2,1-2H3. The van der Waals surface area contributed by atoms with Crippen molar-refractivity contribution in [1.29, 1.82) is 0 Å². The number of hydrogen-bond acceptors (Lipinski definition) is 3. The van der Waals surface area contributed by atoms with Crippen LogP contribution in [0, 0.1) is 5.41 Å². The second kappa shape index (κ2) is 6.75. The van der Waals surface area contributed by atoms with Crippen molar-refractivity contribution in [2.75, 3.05) is 12.3 Å². The fraction of sp³-hybridized carbons (Fsp3) is 1.00. The second-order valence-corrected chi connectivity index (χ2v) is 9.03. The Labute approximate surface area is 124 Å². The van der Waals surface area contributed by atoms with Gasteiger partial charge in [0.2, 0.25) is 10.0 Å². The molecular weight excluding hydrogens is 272 g/mol. The number of sulfonamides is 1. The molecule has 0 aromatic carbocycles. The van der Waals surface area contributed by atoms with E-state index in [1.807, 2.05) is 0 Å². The number of hydrogen-bond donors (Lipinski definition) is 2. The molecule has 20 heavy (non-hydrogen) atoms. The summed E-state index contributed by atoms with van der Waals surface area (Å²) in [4.78, 5) is 0. The fourth-order valence-electron chi connectivity index (χ4n) is 3.46. The van der Waals surface area contributed by atoms with E-state index < -0.39 is 10.0 Å². The molecule has 2 unspecified atom stereocenters. The molecule has 0 bridgehead atoms. The molecule has 1 saturated heterocycles. The van der Waals surface area contributed by atoms with Gasteiger partial charge in [-0.3, -0.25) is 0 Å². The lowest BCUT2D eigenvalue weighted by Gasteiger charge is -2.38. The molecule has 2 rings (SSSR count). The van der Waals surface area contributed by atoms with Gasteiger partial charge in [-0.25, -0.2) is 13.1 Å². The van der Waals surface area contributed by atoms with Crippen LogP contribution in [0.1, 0.15) is 65.2 Å². The number of rotatable bonds is 5. The summed E-state index contributed by atoms with van der Waals surface area (Å²) >= 11 is 0. The SMILES string of the molecule is CC1(C)CCCCC1NS(=O)(=O)CCC1CCCCN1. The zero-order valence-electron chi connectivity index (χ0n) is 13.0. The molecule has 2 fully saturated rings. The predicted octanol–water partition coefficient (Wildman–Crippen LogP) is 2.41. The highest BCUT2D eigenvalue weighted by molar-refractivity contribution is 7.89. The lowest BCUT2D eigenvalue weighted by atomic mass is 9.74. The molecule has 118 valence electrons. The summed E-state index contributed by atoms with van der Waals surface area (Å²) in [5.41, 5.74) is 0.0917. The first kappa shape index (κ1) is 16.2. The van der Waals surface area contributed by atoms with Gasteiger partial charge in [-0.2, -0.15) is 0 Å². The zero-order valence-corrected chi connectivity index (χ0v) is 13.8. The molecule has 2 aliphatic rings. The van der Waals surface area contributed by atoms with Crippen LogP contribution >= 0.6 is 0 Å². The molecule has 2 N–H and O–H groups in total. The maximum Gasteiger partial charge on any atom is 0.211 e. The van der Waals surface area contributed by atoms with Crippen LogP contribution in [0.4, 0.5) is 0 Å². The molecule has 2 atom stereocenters. The van der Waals surface area contributed by atoms with Crippen LogP contribution in [0.2, 0.25) is 0 Å². The van der Waals surface area contributed by atoms with E-state index in [2.05, 4.69) is 23.9 Å². The molecule has 1 aliphatic heterocycles. The molecule has 1 saturated carbocycles. The molecule has 0 aromatic rings. The Balaban J connectivity index is 1.83. The third-order valence-electron chi connectivity index (χ3n) is 4.98. The van der Waals surface area contributed by atoms with Crippen LogP contribution in [-0.4, -0.2) is 32.8 Å². The lowest BCUT2D eigenvalue weighted by Crippen LogP contribution is -2.48. The first-order valence-electron chi connectivity index (χ1n) is 8.12. The van der Waals surface area contributed by atoms with Crippen molar-refractivity contribution in [3.05, 3.63) is 0 Å². The van der Waals surface area contributed by atoms with Gasteiger partial charge >= 0.3 is 0 Å². The van der Waals surface area contributed by atoms with Crippen LogP contribution < -0.4 is 10.0 Å². The van der Waals surface area contributed by atoms with Crippen LogP contribution in [0.15, 0.2) is 0 Å². The Morgan fingerprint density at radius 1 is 1.15 bits per heavy atom. The molecule has 1 heterocycles. The first-order valence-corrected chi connectivity index (χ1v) is 9.78. The van der Waals surface area contributed by atoms with E-state index in [-0.39, 0.29) is 17.2 Å². The fourth-order valence-corrected chi connectivity index (χ4v) is 5.04. The maximum absolute atomic E-state index is 12.3.